The fourth-order valence-corrected chi connectivity index (χ4v) is 3.54. The predicted molar refractivity (Wildman–Crippen MR) is 142 cm³/mol. The van der Waals surface area contributed by atoms with Crippen molar-refractivity contribution in [1.29, 1.82) is 0 Å². The lowest BCUT2D eigenvalue weighted by Crippen LogP contribution is -2.41. The molecule has 186 valence electrons. The molecule has 7 nitrogen and oxygen atoms in total. The first-order valence-electron chi connectivity index (χ1n) is 12.1. The maximum Gasteiger partial charge on any atom is 0.322 e. The first kappa shape index (κ1) is 26.0. The highest BCUT2D eigenvalue weighted by Gasteiger charge is 2.23. The number of anilines is 2. The highest BCUT2D eigenvalue weighted by Crippen LogP contribution is 2.26. The number of urea groups is 1. The summed E-state index contributed by atoms with van der Waals surface area (Å²) >= 11 is 0. The summed E-state index contributed by atoms with van der Waals surface area (Å²) in [4.78, 5) is 27.7. The molecule has 3 amide bonds. The van der Waals surface area contributed by atoms with E-state index in [1.54, 1.807) is 9.58 Å². The number of hydrogen-bond donors (Lipinski definition) is 2. The maximum atomic E-state index is 13.2. The predicted octanol–water partition coefficient (Wildman–Crippen LogP) is 6.00. The van der Waals surface area contributed by atoms with E-state index in [1.165, 1.54) is 0 Å². The van der Waals surface area contributed by atoms with E-state index >= 15 is 0 Å². The van der Waals surface area contributed by atoms with Gasteiger partial charge in [0.1, 0.15) is 12.4 Å². The molecule has 3 aromatic rings. The molecule has 7 heteroatoms. The zero-order valence-corrected chi connectivity index (χ0v) is 21.6. The third kappa shape index (κ3) is 7.44. The standard InChI is InChI=1S/C28H37N5O2/c1-20(2)15-16-32(27(35)29-22-12-8-7-9-13-22)19-26(34)30-25-18-24(28(4,5)6)31-33(25)23-14-10-11-21(3)17-23/h7-14,17-18,20H,15-16,19H2,1-6H3,(H,29,35)(H,30,34). The van der Waals surface area contributed by atoms with Crippen molar-refractivity contribution >= 4 is 23.4 Å². The Kier molecular flexibility index (Phi) is 8.33. The second kappa shape index (κ2) is 11.2. The van der Waals surface area contributed by atoms with Crippen LogP contribution in [0.3, 0.4) is 0 Å². The Bertz CT molecular complexity index is 1150. The summed E-state index contributed by atoms with van der Waals surface area (Å²) in [6, 6.07) is 18.9. The van der Waals surface area contributed by atoms with Gasteiger partial charge >= 0.3 is 6.03 Å². The van der Waals surface area contributed by atoms with Gasteiger partial charge in [-0.15, -0.1) is 0 Å². The number of para-hydroxylation sites is 1. The number of rotatable bonds is 8. The molecule has 0 unspecified atom stereocenters. The second-order valence-corrected chi connectivity index (χ2v) is 10.4. The van der Waals surface area contributed by atoms with Crippen LogP contribution in [-0.4, -0.2) is 39.7 Å². The number of aryl methyl sites for hydroxylation is 1. The van der Waals surface area contributed by atoms with Crippen LogP contribution in [0.5, 0.6) is 0 Å². The summed E-state index contributed by atoms with van der Waals surface area (Å²) < 4.78 is 1.76. The van der Waals surface area contributed by atoms with E-state index in [1.807, 2.05) is 67.6 Å². The van der Waals surface area contributed by atoms with Gasteiger partial charge in [-0.05, 0) is 49.1 Å². The van der Waals surface area contributed by atoms with E-state index < -0.39 is 0 Å². The number of nitrogens with zero attached hydrogens (tertiary/aromatic N) is 3. The minimum absolute atomic E-state index is 0.0603. The van der Waals surface area contributed by atoms with Gasteiger partial charge in [0, 0.05) is 23.7 Å². The van der Waals surface area contributed by atoms with Crippen LogP contribution in [0, 0.1) is 12.8 Å². The van der Waals surface area contributed by atoms with Crippen LogP contribution in [0.4, 0.5) is 16.3 Å². The molecule has 1 aromatic heterocycles. The van der Waals surface area contributed by atoms with Crippen LogP contribution in [0.25, 0.3) is 5.69 Å². The molecule has 0 saturated carbocycles. The van der Waals surface area contributed by atoms with Crippen LogP contribution < -0.4 is 10.6 Å². The molecular formula is C28H37N5O2. The summed E-state index contributed by atoms with van der Waals surface area (Å²) in [6.07, 6.45) is 0.797. The molecule has 0 spiro atoms. The summed E-state index contributed by atoms with van der Waals surface area (Å²) in [5.41, 5.74) is 3.35. The lowest BCUT2D eigenvalue weighted by atomic mass is 9.92. The molecule has 0 radical (unpaired) electrons. The molecule has 0 aliphatic heterocycles. The largest absolute Gasteiger partial charge is 0.322 e. The molecule has 1 heterocycles. The van der Waals surface area contributed by atoms with Gasteiger partial charge in [-0.25, -0.2) is 9.48 Å². The van der Waals surface area contributed by atoms with Crippen molar-refractivity contribution in [2.24, 2.45) is 5.92 Å². The lowest BCUT2D eigenvalue weighted by Gasteiger charge is -2.23. The molecular weight excluding hydrogens is 438 g/mol. The van der Waals surface area contributed by atoms with Crippen LogP contribution in [0.15, 0.2) is 60.7 Å². The Balaban J connectivity index is 1.81. The van der Waals surface area contributed by atoms with Crippen molar-refractivity contribution in [3.63, 3.8) is 0 Å². The van der Waals surface area contributed by atoms with Crippen molar-refractivity contribution in [3.8, 4) is 5.69 Å². The Morgan fingerprint density at radius 3 is 2.34 bits per heavy atom. The molecule has 0 aliphatic carbocycles. The SMILES string of the molecule is Cc1cccc(-n2nc(C(C)(C)C)cc2NC(=O)CN(CCC(C)C)C(=O)Nc2ccccc2)c1. The van der Waals surface area contributed by atoms with Gasteiger partial charge in [0.2, 0.25) is 5.91 Å². The molecule has 2 N–H and O–H groups in total. The minimum Gasteiger partial charge on any atom is -0.315 e. The first-order valence-corrected chi connectivity index (χ1v) is 12.1. The summed E-state index contributed by atoms with van der Waals surface area (Å²) in [5, 5.41) is 10.7. The van der Waals surface area contributed by atoms with Crippen LogP contribution in [-0.2, 0) is 10.2 Å². The van der Waals surface area contributed by atoms with Crippen molar-refractivity contribution < 1.29 is 9.59 Å². The summed E-state index contributed by atoms with van der Waals surface area (Å²) in [5.74, 6) is 0.714. The number of hydrogen-bond acceptors (Lipinski definition) is 3. The highest BCUT2D eigenvalue weighted by molar-refractivity contribution is 5.96. The quantitative estimate of drug-likeness (QED) is 0.419. The topological polar surface area (TPSA) is 79.3 Å². The van der Waals surface area contributed by atoms with Gasteiger partial charge in [0.25, 0.3) is 0 Å². The molecule has 0 bridgehead atoms. The van der Waals surface area contributed by atoms with E-state index in [2.05, 4.69) is 45.3 Å². The first-order chi connectivity index (χ1) is 16.5. The normalized spacial score (nSPS) is 11.4. The number of benzene rings is 2. The zero-order chi connectivity index (χ0) is 25.6. The minimum atomic E-state index is -0.297. The van der Waals surface area contributed by atoms with Crippen molar-refractivity contribution in [2.45, 2.75) is 53.4 Å². The average Bonchev–Trinajstić information content (AvgIpc) is 3.21. The highest BCUT2D eigenvalue weighted by atomic mass is 16.2. The maximum absolute atomic E-state index is 13.2. The van der Waals surface area contributed by atoms with Crippen molar-refractivity contribution in [1.82, 2.24) is 14.7 Å². The zero-order valence-electron chi connectivity index (χ0n) is 21.6. The molecule has 35 heavy (non-hydrogen) atoms. The molecule has 3 rings (SSSR count). The number of carbonyl (C=O) groups excluding carboxylic acids is 2. The lowest BCUT2D eigenvalue weighted by molar-refractivity contribution is -0.116. The average molecular weight is 476 g/mol. The van der Waals surface area contributed by atoms with E-state index in [0.717, 1.165) is 23.4 Å². The van der Waals surface area contributed by atoms with E-state index in [4.69, 9.17) is 5.10 Å². The van der Waals surface area contributed by atoms with Crippen LogP contribution in [0.2, 0.25) is 0 Å². The van der Waals surface area contributed by atoms with Gasteiger partial charge < -0.3 is 15.5 Å². The van der Waals surface area contributed by atoms with Crippen molar-refractivity contribution in [2.75, 3.05) is 23.7 Å². The number of amides is 3. The number of nitrogens with one attached hydrogen (secondary N) is 2. The Labute approximate surface area is 208 Å². The van der Waals surface area contributed by atoms with Gasteiger partial charge in [0.05, 0.1) is 11.4 Å². The van der Waals surface area contributed by atoms with Crippen LogP contribution in [0.1, 0.15) is 52.3 Å². The fourth-order valence-electron chi connectivity index (χ4n) is 3.54. The summed E-state index contributed by atoms with van der Waals surface area (Å²) in [6.45, 7) is 12.9. The van der Waals surface area contributed by atoms with Gasteiger partial charge in [-0.3, -0.25) is 4.79 Å². The van der Waals surface area contributed by atoms with Gasteiger partial charge in [0.15, 0.2) is 0 Å². The van der Waals surface area contributed by atoms with E-state index in [9.17, 15) is 9.59 Å². The number of aromatic nitrogens is 2. The van der Waals surface area contributed by atoms with E-state index in [0.29, 0.717) is 24.0 Å². The third-order valence-electron chi connectivity index (χ3n) is 5.61. The van der Waals surface area contributed by atoms with E-state index in [-0.39, 0.29) is 23.9 Å². The molecule has 0 atom stereocenters. The van der Waals surface area contributed by atoms with Gasteiger partial charge in [-0.2, -0.15) is 5.10 Å². The summed E-state index contributed by atoms with van der Waals surface area (Å²) in [7, 11) is 0. The third-order valence-corrected chi connectivity index (χ3v) is 5.61. The monoisotopic (exact) mass is 475 g/mol. The molecule has 2 aromatic carbocycles. The smallest absolute Gasteiger partial charge is 0.315 e. The second-order valence-electron chi connectivity index (χ2n) is 10.4. The molecule has 0 saturated heterocycles. The fraction of sp³-hybridized carbons (Fsp3) is 0.393. The Hall–Kier alpha value is -3.61. The Morgan fingerprint density at radius 1 is 1.00 bits per heavy atom. The molecule has 0 aliphatic rings. The van der Waals surface area contributed by atoms with Crippen molar-refractivity contribution in [3.05, 3.63) is 71.9 Å². The van der Waals surface area contributed by atoms with Gasteiger partial charge in [-0.1, -0.05) is 65.0 Å². The number of carbonyl (C=O) groups is 2. The van der Waals surface area contributed by atoms with Crippen LogP contribution >= 0.6 is 0 Å². The Morgan fingerprint density at radius 2 is 1.71 bits per heavy atom. The molecule has 0 fully saturated rings.